The molecule has 10 heteroatoms. The van der Waals surface area contributed by atoms with Crippen molar-refractivity contribution in [2.75, 3.05) is 19.0 Å². The van der Waals surface area contributed by atoms with E-state index in [1.165, 1.54) is 32.5 Å². The molecule has 0 amide bonds. The standard InChI is InChI=1S/C16H24O9S/c1-5-21-14(20)8-26-13-6-15(23-10(3)18)25-12(7-22-9(2)17)16(13)24-11(4)19/h12-13,15-16H,5-8H2,1-4H3/t12-,13+,15+,16-/m1/s1. The maximum absolute atomic E-state index is 11.6. The first-order chi connectivity index (χ1) is 12.2. The summed E-state index contributed by atoms with van der Waals surface area (Å²) >= 11 is 1.20. The number of esters is 4. The van der Waals surface area contributed by atoms with Crippen LogP contribution in [0.1, 0.15) is 34.1 Å². The highest BCUT2D eigenvalue weighted by molar-refractivity contribution is 8.00. The molecule has 1 heterocycles. The molecule has 0 aromatic carbocycles. The van der Waals surface area contributed by atoms with Crippen LogP contribution in [0.5, 0.6) is 0 Å². The van der Waals surface area contributed by atoms with Crippen LogP contribution >= 0.6 is 11.8 Å². The molecular formula is C16H24O9S. The summed E-state index contributed by atoms with van der Waals surface area (Å²) in [5.41, 5.74) is 0. The van der Waals surface area contributed by atoms with Gasteiger partial charge in [0, 0.05) is 27.2 Å². The minimum atomic E-state index is -0.903. The molecular weight excluding hydrogens is 368 g/mol. The van der Waals surface area contributed by atoms with Crippen molar-refractivity contribution >= 4 is 35.6 Å². The van der Waals surface area contributed by atoms with Crippen molar-refractivity contribution in [3.63, 3.8) is 0 Å². The lowest BCUT2D eigenvalue weighted by atomic mass is 10.0. The SMILES string of the molecule is CCOC(=O)CS[C@H]1C[C@@H](OC(C)=O)O[C@H](COC(C)=O)[C@H]1OC(C)=O. The lowest BCUT2D eigenvalue weighted by molar-refractivity contribution is -0.232. The number of carbonyl (C=O) groups excluding carboxylic acids is 4. The Kier molecular flexibility index (Phi) is 9.42. The maximum atomic E-state index is 11.6. The Labute approximate surface area is 156 Å². The summed E-state index contributed by atoms with van der Waals surface area (Å²) < 4.78 is 25.9. The second-order valence-corrected chi connectivity index (χ2v) is 6.71. The first-order valence-corrected chi connectivity index (χ1v) is 9.18. The molecule has 0 unspecified atom stereocenters. The maximum Gasteiger partial charge on any atom is 0.315 e. The average molecular weight is 392 g/mol. The summed E-state index contributed by atoms with van der Waals surface area (Å²) in [5.74, 6) is -1.99. The summed E-state index contributed by atoms with van der Waals surface area (Å²) in [4.78, 5) is 45.5. The highest BCUT2D eigenvalue weighted by Crippen LogP contribution is 2.32. The van der Waals surface area contributed by atoms with E-state index in [9.17, 15) is 19.2 Å². The Balaban J connectivity index is 2.91. The van der Waals surface area contributed by atoms with Gasteiger partial charge in [0.05, 0.1) is 17.6 Å². The molecule has 0 aromatic rings. The molecule has 26 heavy (non-hydrogen) atoms. The Bertz CT molecular complexity index is 522. The molecule has 1 aliphatic rings. The molecule has 0 bridgehead atoms. The van der Waals surface area contributed by atoms with Crippen LogP contribution in [0.2, 0.25) is 0 Å². The van der Waals surface area contributed by atoms with Gasteiger partial charge >= 0.3 is 23.9 Å². The largest absolute Gasteiger partial charge is 0.465 e. The predicted octanol–water partition coefficient (Wildman–Crippen LogP) is 0.824. The third-order valence-electron chi connectivity index (χ3n) is 3.26. The van der Waals surface area contributed by atoms with Crippen LogP contribution in [0, 0.1) is 0 Å². The number of carbonyl (C=O) groups is 4. The lowest BCUT2D eigenvalue weighted by Gasteiger charge is -2.39. The van der Waals surface area contributed by atoms with Crippen LogP contribution < -0.4 is 0 Å². The molecule has 0 aromatic heterocycles. The van der Waals surface area contributed by atoms with Gasteiger partial charge in [-0.15, -0.1) is 11.8 Å². The summed E-state index contributed by atoms with van der Waals surface area (Å²) in [6.45, 7) is 5.50. The molecule has 0 aliphatic carbocycles. The molecule has 4 atom stereocenters. The van der Waals surface area contributed by atoms with Gasteiger partial charge in [-0.2, -0.15) is 0 Å². The van der Waals surface area contributed by atoms with Crippen LogP contribution in [-0.2, 0) is 42.9 Å². The van der Waals surface area contributed by atoms with E-state index in [1.54, 1.807) is 6.92 Å². The Hall–Kier alpha value is -1.81. The summed E-state index contributed by atoms with van der Waals surface area (Å²) in [6, 6.07) is 0. The second kappa shape index (κ2) is 11.0. The van der Waals surface area contributed by atoms with Crippen molar-refractivity contribution in [1.29, 1.82) is 0 Å². The number of thioether (sulfide) groups is 1. The molecule has 1 fully saturated rings. The first kappa shape index (κ1) is 22.2. The van der Waals surface area contributed by atoms with Crippen LogP contribution in [0.15, 0.2) is 0 Å². The number of ether oxygens (including phenoxy) is 5. The van der Waals surface area contributed by atoms with Gasteiger partial charge in [-0.05, 0) is 6.92 Å². The Morgan fingerprint density at radius 2 is 1.65 bits per heavy atom. The molecule has 1 saturated heterocycles. The molecule has 0 radical (unpaired) electrons. The summed E-state index contributed by atoms with van der Waals surface area (Å²) in [6.07, 6.45) is -2.31. The highest BCUT2D eigenvalue weighted by atomic mass is 32.2. The highest BCUT2D eigenvalue weighted by Gasteiger charge is 2.43. The van der Waals surface area contributed by atoms with E-state index in [4.69, 9.17) is 23.7 Å². The normalized spacial score (nSPS) is 25.1. The van der Waals surface area contributed by atoms with E-state index in [0.29, 0.717) is 0 Å². The van der Waals surface area contributed by atoms with E-state index >= 15 is 0 Å². The quantitative estimate of drug-likeness (QED) is 0.434. The fraction of sp³-hybridized carbons (Fsp3) is 0.750. The smallest absolute Gasteiger partial charge is 0.315 e. The van der Waals surface area contributed by atoms with Crippen molar-refractivity contribution in [2.24, 2.45) is 0 Å². The number of hydrogen-bond donors (Lipinski definition) is 0. The Morgan fingerprint density at radius 3 is 2.19 bits per heavy atom. The number of hydrogen-bond acceptors (Lipinski definition) is 10. The minimum absolute atomic E-state index is 0.0311. The Morgan fingerprint density at radius 1 is 1.00 bits per heavy atom. The van der Waals surface area contributed by atoms with Gasteiger partial charge in [-0.3, -0.25) is 19.2 Å². The van der Waals surface area contributed by atoms with E-state index in [-0.39, 0.29) is 25.4 Å². The molecule has 0 spiro atoms. The topological polar surface area (TPSA) is 114 Å². The monoisotopic (exact) mass is 392 g/mol. The van der Waals surface area contributed by atoms with E-state index in [1.807, 2.05) is 0 Å². The van der Waals surface area contributed by atoms with Crippen molar-refractivity contribution in [1.82, 2.24) is 0 Å². The lowest BCUT2D eigenvalue weighted by Crippen LogP contribution is -2.52. The van der Waals surface area contributed by atoms with Gasteiger partial charge in [0.1, 0.15) is 18.8 Å². The average Bonchev–Trinajstić information content (AvgIpc) is 2.52. The fourth-order valence-electron chi connectivity index (χ4n) is 2.37. The number of rotatable bonds is 8. The first-order valence-electron chi connectivity index (χ1n) is 8.13. The van der Waals surface area contributed by atoms with Gasteiger partial charge in [0.15, 0.2) is 0 Å². The molecule has 0 saturated carbocycles. The van der Waals surface area contributed by atoms with Crippen LogP contribution in [0.4, 0.5) is 0 Å². The van der Waals surface area contributed by atoms with Gasteiger partial charge in [0.25, 0.3) is 0 Å². The van der Waals surface area contributed by atoms with E-state index in [2.05, 4.69) is 0 Å². The minimum Gasteiger partial charge on any atom is -0.465 e. The van der Waals surface area contributed by atoms with Gasteiger partial charge < -0.3 is 23.7 Å². The fourth-order valence-corrected chi connectivity index (χ4v) is 3.52. The molecule has 1 rings (SSSR count). The molecule has 1 aliphatic heterocycles. The van der Waals surface area contributed by atoms with E-state index in [0.717, 1.165) is 0 Å². The molecule has 9 nitrogen and oxygen atoms in total. The zero-order chi connectivity index (χ0) is 19.7. The molecule has 148 valence electrons. The van der Waals surface area contributed by atoms with Gasteiger partial charge in [0.2, 0.25) is 6.29 Å². The van der Waals surface area contributed by atoms with Gasteiger partial charge in [-0.1, -0.05) is 0 Å². The van der Waals surface area contributed by atoms with Crippen LogP contribution in [-0.4, -0.2) is 66.6 Å². The third-order valence-corrected chi connectivity index (χ3v) is 4.55. The molecule has 0 N–H and O–H groups in total. The van der Waals surface area contributed by atoms with E-state index < -0.39 is 47.6 Å². The summed E-state index contributed by atoms with van der Waals surface area (Å²) in [5, 5.41) is -0.415. The summed E-state index contributed by atoms with van der Waals surface area (Å²) in [7, 11) is 0. The second-order valence-electron chi connectivity index (χ2n) is 5.48. The van der Waals surface area contributed by atoms with Crippen molar-refractivity contribution in [3.05, 3.63) is 0 Å². The van der Waals surface area contributed by atoms with Crippen molar-refractivity contribution < 1.29 is 42.9 Å². The zero-order valence-corrected chi connectivity index (χ0v) is 16.0. The van der Waals surface area contributed by atoms with Crippen LogP contribution in [0.3, 0.4) is 0 Å². The zero-order valence-electron chi connectivity index (χ0n) is 15.2. The van der Waals surface area contributed by atoms with Gasteiger partial charge in [-0.25, -0.2) is 0 Å². The van der Waals surface area contributed by atoms with Crippen LogP contribution in [0.25, 0.3) is 0 Å². The van der Waals surface area contributed by atoms with Crippen molar-refractivity contribution in [2.45, 2.75) is 57.9 Å². The predicted molar refractivity (Wildman–Crippen MR) is 90.1 cm³/mol. The van der Waals surface area contributed by atoms with Crippen molar-refractivity contribution in [3.8, 4) is 0 Å². The third kappa shape index (κ3) is 8.05.